The van der Waals surface area contributed by atoms with Gasteiger partial charge in [-0.3, -0.25) is 4.79 Å². The SMILES string of the molecule is Cc1cc(C)cc(C(C)NCC(O)C(N)=O)c1. The molecule has 0 aromatic heterocycles. The van der Waals surface area contributed by atoms with Gasteiger partial charge in [-0.15, -0.1) is 0 Å². The van der Waals surface area contributed by atoms with E-state index in [9.17, 15) is 9.90 Å². The van der Waals surface area contributed by atoms with Gasteiger partial charge in [-0.1, -0.05) is 29.3 Å². The number of aliphatic hydroxyl groups excluding tert-OH is 1. The number of aryl methyl sites for hydroxylation is 2. The summed E-state index contributed by atoms with van der Waals surface area (Å²) in [5.74, 6) is -0.704. The summed E-state index contributed by atoms with van der Waals surface area (Å²) in [6.45, 7) is 6.24. The zero-order valence-corrected chi connectivity index (χ0v) is 10.5. The molecule has 1 rings (SSSR count). The smallest absolute Gasteiger partial charge is 0.247 e. The summed E-state index contributed by atoms with van der Waals surface area (Å²) in [6, 6.07) is 6.35. The fraction of sp³-hybridized carbons (Fsp3) is 0.462. The Labute approximate surface area is 102 Å². The third kappa shape index (κ3) is 4.17. The standard InChI is InChI=1S/C13H20N2O2/c1-8-4-9(2)6-11(5-8)10(3)15-7-12(16)13(14)17/h4-6,10,12,15-16H,7H2,1-3H3,(H2,14,17). The minimum Gasteiger partial charge on any atom is -0.382 e. The summed E-state index contributed by atoms with van der Waals surface area (Å²) < 4.78 is 0. The van der Waals surface area contributed by atoms with Crippen LogP contribution >= 0.6 is 0 Å². The molecule has 0 bridgehead atoms. The molecule has 0 aliphatic carbocycles. The van der Waals surface area contributed by atoms with E-state index < -0.39 is 12.0 Å². The van der Waals surface area contributed by atoms with Crippen molar-refractivity contribution < 1.29 is 9.90 Å². The summed E-state index contributed by atoms with van der Waals surface area (Å²) in [5.41, 5.74) is 8.51. The van der Waals surface area contributed by atoms with Crippen LogP contribution in [0.5, 0.6) is 0 Å². The first kappa shape index (κ1) is 13.7. The first-order valence-corrected chi connectivity index (χ1v) is 5.69. The number of aliphatic hydroxyl groups is 1. The van der Waals surface area contributed by atoms with Gasteiger partial charge in [0.15, 0.2) is 0 Å². The predicted octanol–water partition coefficient (Wildman–Crippen LogP) is 0.800. The minimum atomic E-state index is -1.14. The first-order chi connectivity index (χ1) is 7.90. The van der Waals surface area contributed by atoms with Crippen molar-refractivity contribution in [2.24, 2.45) is 5.73 Å². The number of amides is 1. The second-order valence-electron chi connectivity index (χ2n) is 4.47. The first-order valence-electron chi connectivity index (χ1n) is 5.69. The molecule has 94 valence electrons. The van der Waals surface area contributed by atoms with Gasteiger partial charge in [-0.05, 0) is 26.3 Å². The molecule has 0 aliphatic rings. The number of primary amides is 1. The zero-order valence-electron chi connectivity index (χ0n) is 10.5. The largest absolute Gasteiger partial charge is 0.382 e. The number of benzene rings is 1. The Hall–Kier alpha value is -1.39. The van der Waals surface area contributed by atoms with Gasteiger partial charge in [0.25, 0.3) is 0 Å². The van der Waals surface area contributed by atoms with Crippen LogP contribution in [0, 0.1) is 13.8 Å². The molecule has 4 heteroatoms. The Balaban J connectivity index is 2.63. The van der Waals surface area contributed by atoms with Crippen LogP contribution in [0.3, 0.4) is 0 Å². The van der Waals surface area contributed by atoms with Crippen molar-refractivity contribution in [3.8, 4) is 0 Å². The van der Waals surface area contributed by atoms with Crippen LogP contribution in [0.1, 0.15) is 29.7 Å². The van der Waals surface area contributed by atoms with Crippen molar-refractivity contribution in [2.75, 3.05) is 6.54 Å². The average molecular weight is 236 g/mol. The molecule has 17 heavy (non-hydrogen) atoms. The van der Waals surface area contributed by atoms with Crippen LogP contribution in [0.25, 0.3) is 0 Å². The molecule has 0 saturated carbocycles. The van der Waals surface area contributed by atoms with Gasteiger partial charge in [-0.2, -0.15) is 0 Å². The maximum Gasteiger partial charge on any atom is 0.247 e. The second kappa shape index (κ2) is 5.80. The highest BCUT2D eigenvalue weighted by atomic mass is 16.3. The molecule has 2 unspecified atom stereocenters. The molecule has 0 aliphatic heterocycles. The van der Waals surface area contributed by atoms with E-state index in [4.69, 9.17) is 5.73 Å². The predicted molar refractivity (Wildman–Crippen MR) is 67.5 cm³/mol. The van der Waals surface area contributed by atoms with E-state index in [1.165, 1.54) is 11.1 Å². The summed E-state index contributed by atoms with van der Waals surface area (Å²) in [7, 11) is 0. The van der Waals surface area contributed by atoms with Gasteiger partial charge >= 0.3 is 0 Å². The van der Waals surface area contributed by atoms with Crippen molar-refractivity contribution in [1.82, 2.24) is 5.32 Å². The Morgan fingerprint density at radius 3 is 2.35 bits per heavy atom. The lowest BCUT2D eigenvalue weighted by atomic mass is 10.0. The lowest BCUT2D eigenvalue weighted by Gasteiger charge is -2.17. The second-order valence-corrected chi connectivity index (χ2v) is 4.47. The number of hydrogen-bond donors (Lipinski definition) is 3. The van der Waals surface area contributed by atoms with E-state index in [1.54, 1.807) is 0 Å². The Morgan fingerprint density at radius 1 is 1.35 bits per heavy atom. The molecule has 4 nitrogen and oxygen atoms in total. The van der Waals surface area contributed by atoms with E-state index in [0.717, 1.165) is 5.56 Å². The van der Waals surface area contributed by atoms with Gasteiger partial charge in [0.1, 0.15) is 6.10 Å². The topological polar surface area (TPSA) is 75.3 Å². The molecule has 0 spiro atoms. The van der Waals surface area contributed by atoms with Crippen LogP contribution < -0.4 is 11.1 Å². The molecule has 2 atom stereocenters. The Bertz CT molecular complexity index is 384. The van der Waals surface area contributed by atoms with Crippen molar-refractivity contribution in [2.45, 2.75) is 32.9 Å². The lowest BCUT2D eigenvalue weighted by molar-refractivity contribution is -0.125. The molecule has 1 aromatic carbocycles. The summed E-state index contributed by atoms with van der Waals surface area (Å²) in [4.78, 5) is 10.7. The van der Waals surface area contributed by atoms with Gasteiger partial charge < -0.3 is 16.2 Å². The van der Waals surface area contributed by atoms with Crippen LogP contribution in [0.4, 0.5) is 0 Å². The quantitative estimate of drug-likeness (QED) is 0.708. The maximum absolute atomic E-state index is 10.7. The van der Waals surface area contributed by atoms with Crippen LogP contribution in [-0.4, -0.2) is 23.7 Å². The monoisotopic (exact) mass is 236 g/mol. The molecule has 1 aromatic rings. The van der Waals surface area contributed by atoms with E-state index in [1.807, 2.05) is 20.8 Å². The van der Waals surface area contributed by atoms with Crippen LogP contribution in [0.15, 0.2) is 18.2 Å². The van der Waals surface area contributed by atoms with E-state index in [-0.39, 0.29) is 12.6 Å². The Morgan fingerprint density at radius 2 is 1.88 bits per heavy atom. The highest BCUT2D eigenvalue weighted by Gasteiger charge is 2.13. The zero-order chi connectivity index (χ0) is 13.0. The van der Waals surface area contributed by atoms with Crippen LogP contribution in [0.2, 0.25) is 0 Å². The number of rotatable bonds is 5. The van der Waals surface area contributed by atoms with Crippen molar-refractivity contribution >= 4 is 5.91 Å². The van der Waals surface area contributed by atoms with E-state index in [0.29, 0.717) is 0 Å². The van der Waals surface area contributed by atoms with E-state index >= 15 is 0 Å². The van der Waals surface area contributed by atoms with Crippen molar-refractivity contribution in [3.63, 3.8) is 0 Å². The molecule has 0 fully saturated rings. The molecular weight excluding hydrogens is 216 g/mol. The van der Waals surface area contributed by atoms with E-state index in [2.05, 4.69) is 23.5 Å². The molecule has 4 N–H and O–H groups in total. The highest BCUT2D eigenvalue weighted by molar-refractivity contribution is 5.78. The average Bonchev–Trinajstić information content (AvgIpc) is 2.23. The van der Waals surface area contributed by atoms with Crippen molar-refractivity contribution in [1.29, 1.82) is 0 Å². The van der Waals surface area contributed by atoms with Crippen LogP contribution in [-0.2, 0) is 4.79 Å². The Kier molecular flexibility index (Phi) is 4.66. The molecular formula is C13H20N2O2. The number of carbonyl (C=O) groups excluding carboxylic acids is 1. The summed E-state index contributed by atoms with van der Waals surface area (Å²) in [5, 5.41) is 12.4. The maximum atomic E-state index is 10.7. The summed E-state index contributed by atoms with van der Waals surface area (Å²) >= 11 is 0. The number of nitrogens with one attached hydrogen (secondary N) is 1. The fourth-order valence-electron chi connectivity index (χ4n) is 1.77. The fourth-order valence-corrected chi connectivity index (χ4v) is 1.77. The van der Waals surface area contributed by atoms with Gasteiger partial charge in [0, 0.05) is 12.6 Å². The van der Waals surface area contributed by atoms with Gasteiger partial charge in [0.05, 0.1) is 0 Å². The normalized spacial score (nSPS) is 14.4. The molecule has 0 saturated heterocycles. The number of nitrogens with two attached hydrogens (primary N) is 1. The lowest BCUT2D eigenvalue weighted by Crippen LogP contribution is -2.38. The van der Waals surface area contributed by atoms with Gasteiger partial charge in [-0.25, -0.2) is 0 Å². The van der Waals surface area contributed by atoms with Crippen molar-refractivity contribution in [3.05, 3.63) is 34.9 Å². The number of carbonyl (C=O) groups is 1. The molecule has 1 amide bonds. The van der Waals surface area contributed by atoms with Gasteiger partial charge in [0.2, 0.25) is 5.91 Å². The number of hydrogen-bond acceptors (Lipinski definition) is 3. The highest BCUT2D eigenvalue weighted by Crippen LogP contribution is 2.16. The molecule has 0 radical (unpaired) electrons. The minimum absolute atomic E-state index is 0.0719. The third-order valence-electron chi connectivity index (χ3n) is 2.69. The molecule has 0 heterocycles. The third-order valence-corrected chi connectivity index (χ3v) is 2.69. The summed E-state index contributed by atoms with van der Waals surface area (Å²) in [6.07, 6.45) is -1.14.